The van der Waals surface area contributed by atoms with Crippen LogP contribution in [0.4, 0.5) is 0 Å². The van der Waals surface area contributed by atoms with E-state index in [-0.39, 0.29) is 55.5 Å². The first kappa shape index (κ1) is 26.1. The third kappa shape index (κ3) is 11.7. The highest BCUT2D eigenvalue weighted by molar-refractivity contribution is 8.13. The zero-order chi connectivity index (χ0) is 21.5. The van der Waals surface area contributed by atoms with Crippen LogP contribution in [0.15, 0.2) is 0 Å². The highest BCUT2D eigenvalue weighted by Crippen LogP contribution is 2.11. The average molecular weight is 419 g/mol. The van der Waals surface area contributed by atoms with Crippen molar-refractivity contribution in [1.29, 1.82) is 0 Å². The lowest BCUT2D eigenvalue weighted by atomic mass is 10.1. The molecule has 0 bridgehead atoms. The van der Waals surface area contributed by atoms with E-state index in [1.807, 2.05) is 0 Å². The van der Waals surface area contributed by atoms with Crippen LogP contribution in [0.5, 0.6) is 0 Å². The Kier molecular flexibility index (Phi) is 14.0. The van der Waals surface area contributed by atoms with Gasteiger partial charge in [-0.1, -0.05) is 18.7 Å². The van der Waals surface area contributed by atoms with Crippen molar-refractivity contribution in [3.05, 3.63) is 0 Å². The Labute approximate surface area is 169 Å². The highest BCUT2D eigenvalue weighted by atomic mass is 32.2. The molecule has 0 fully saturated rings. The molecule has 0 aliphatic rings. The fourth-order valence-corrected chi connectivity index (χ4v) is 2.87. The average Bonchev–Trinajstić information content (AvgIpc) is 2.67. The Morgan fingerprint density at radius 1 is 0.964 bits per heavy atom. The first-order valence-corrected chi connectivity index (χ1v) is 10.3. The molecule has 0 spiro atoms. The number of ketones is 1. The number of hydrogen-bond donors (Lipinski definition) is 2. The number of esters is 2. The molecule has 10 heteroatoms. The molecule has 28 heavy (non-hydrogen) atoms. The Bertz CT molecular complexity index is 554. The summed E-state index contributed by atoms with van der Waals surface area (Å²) >= 11 is 0.946. The molecule has 9 nitrogen and oxygen atoms in total. The molecule has 2 unspecified atom stereocenters. The van der Waals surface area contributed by atoms with Gasteiger partial charge in [-0.3, -0.25) is 24.0 Å². The van der Waals surface area contributed by atoms with Crippen LogP contribution in [0.2, 0.25) is 0 Å². The number of thioether (sulfide) groups is 1. The molecule has 0 aromatic carbocycles. The summed E-state index contributed by atoms with van der Waals surface area (Å²) in [6, 6.07) is -1.85. The topological polar surface area (TPSA) is 142 Å². The molecule has 0 aromatic heterocycles. The minimum absolute atomic E-state index is 0.0649. The Hall–Kier alpha value is -1.94. The van der Waals surface area contributed by atoms with Crippen molar-refractivity contribution in [3.8, 4) is 0 Å². The summed E-state index contributed by atoms with van der Waals surface area (Å²) in [5.74, 6) is -1.87. The summed E-state index contributed by atoms with van der Waals surface area (Å²) in [5.41, 5.74) is 5.65. The van der Waals surface area contributed by atoms with Crippen LogP contribution in [-0.4, -0.2) is 59.8 Å². The molecule has 0 aromatic rings. The molecule has 0 aliphatic heterocycles. The van der Waals surface area contributed by atoms with Gasteiger partial charge in [0, 0.05) is 25.0 Å². The summed E-state index contributed by atoms with van der Waals surface area (Å²) < 4.78 is 9.55. The molecule has 3 N–H and O–H groups in total. The lowest BCUT2D eigenvalue weighted by Crippen LogP contribution is -2.43. The van der Waals surface area contributed by atoms with Gasteiger partial charge in [0.1, 0.15) is 6.04 Å². The summed E-state index contributed by atoms with van der Waals surface area (Å²) in [6.07, 6.45) is 0.0897. The van der Waals surface area contributed by atoms with Crippen molar-refractivity contribution >= 4 is 40.5 Å². The van der Waals surface area contributed by atoms with Crippen molar-refractivity contribution in [2.75, 3.05) is 19.0 Å². The fraction of sp³-hybridized carbons (Fsp3) is 0.722. The predicted octanol–water partition coefficient (Wildman–Crippen LogP) is 0.724. The molecule has 160 valence electrons. The Balaban J connectivity index is 4.70. The van der Waals surface area contributed by atoms with E-state index in [2.05, 4.69) is 5.32 Å². The molecule has 0 saturated heterocycles. The number of carbonyl (C=O) groups is 5. The largest absolute Gasteiger partial charge is 0.466 e. The molecular weight excluding hydrogens is 388 g/mol. The second-order valence-corrected chi connectivity index (χ2v) is 6.90. The van der Waals surface area contributed by atoms with E-state index in [1.54, 1.807) is 20.8 Å². The summed E-state index contributed by atoms with van der Waals surface area (Å²) in [7, 11) is 0. The first-order chi connectivity index (χ1) is 13.2. The third-order valence-corrected chi connectivity index (χ3v) is 4.69. The maximum atomic E-state index is 12.4. The van der Waals surface area contributed by atoms with Crippen LogP contribution in [0, 0.1) is 0 Å². The van der Waals surface area contributed by atoms with Gasteiger partial charge >= 0.3 is 11.9 Å². The van der Waals surface area contributed by atoms with Crippen LogP contribution in [0.25, 0.3) is 0 Å². The second-order valence-electron chi connectivity index (χ2n) is 5.83. The van der Waals surface area contributed by atoms with Gasteiger partial charge in [-0.25, -0.2) is 0 Å². The van der Waals surface area contributed by atoms with Crippen molar-refractivity contribution in [2.24, 2.45) is 5.73 Å². The molecule has 0 rings (SSSR count). The number of carbonyl (C=O) groups excluding carboxylic acids is 5. The van der Waals surface area contributed by atoms with Gasteiger partial charge in [0.25, 0.3) is 0 Å². The van der Waals surface area contributed by atoms with Crippen LogP contribution < -0.4 is 11.1 Å². The van der Waals surface area contributed by atoms with Gasteiger partial charge in [-0.2, -0.15) is 0 Å². The maximum absolute atomic E-state index is 12.4. The van der Waals surface area contributed by atoms with E-state index >= 15 is 0 Å². The summed E-state index contributed by atoms with van der Waals surface area (Å²) in [6.45, 7) is 5.42. The monoisotopic (exact) mass is 418 g/mol. The Morgan fingerprint density at radius 3 is 2.18 bits per heavy atom. The number of rotatable bonds is 14. The standard InChI is InChI=1S/C18H30N2O7S/c1-4-17(24)28-11-13(14(21)8-10-16(23)26-5-2)20-15(22)9-7-12(19)18(25)27-6-3/h12-13H,4-11,19H2,1-3H3,(H,20,22). The predicted molar refractivity (Wildman–Crippen MR) is 104 cm³/mol. The van der Waals surface area contributed by atoms with Gasteiger partial charge in [0.15, 0.2) is 10.9 Å². The third-order valence-electron chi connectivity index (χ3n) is 3.58. The number of nitrogens with two attached hydrogens (primary N) is 1. The number of ether oxygens (including phenoxy) is 2. The van der Waals surface area contributed by atoms with Gasteiger partial charge in [0.05, 0.1) is 25.7 Å². The first-order valence-electron chi connectivity index (χ1n) is 9.30. The highest BCUT2D eigenvalue weighted by Gasteiger charge is 2.24. The molecule has 0 heterocycles. The van der Waals surface area contributed by atoms with E-state index in [4.69, 9.17) is 15.2 Å². The number of nitrogens with one attached hydrogen (secondary N) is 1. The molecule has 0 saturated carbocycles. The molecule has 0 aliphatic carbocycles. The molecule has 0 radical (unpaired) electrons. The lowest BCUT2D eigenvalue weighted by molar-refractivity contribution is -0.145. The molecule has 1 amide bonds. The number of amides is 1. The van der Waals surface area contributed by atoms with E-state index in [1.165, 1.54) is 0 Å². The van der Waals surface area contributed by atoms with Crippen LogP contribution in [-0.2, 0) is 33.4 Å². The second kappa shape index (κ2) is 15.0. The van der Waals surface area contributed by atoms with Gasteiger partial charge in [-0.15, -0.1) is 0 Å². The van der Waals surface area contributed by atoms with Crippen molar-refractivity contribution in [1.82, 2.24) is 5.32 Å². The summed E-state index contributed by atoms with van der Waals surface area (Å²) in [4.78, 5) is 58.9. The van der Waals surface area contributed by atoms with E-state index in [0.717, 1.165) is 11.8 Å². The SMILES string of the molecule is CCOC(=O)CCC(=O)C(CSC(=O)CC)NC(=O)CCC(N)C(=O)OCC. The van der Waals surface area contributed by atoms with Gasteiger partial charge < -0.3 is 20.5 Å². The number of hydrogen-bond acceptors (Lipinski definition) is 9. The van der Waals surface area contributed by atoms with Crippen molar-refractivity contribution in [2.45, 2.75) is 65.0 Å². The van der Waals surface area contributed by atoms with Crippen LogP contribution >= 0.6 is 11.8 Å². The van der Waals surface area contributed by atoms with Gasteiger partial charge in [-0.05, 0) is 20.3 Å². The zero-order valence-corrected chi connectivity index (χ0v) is 17.5. The molecule has 2 atom stereocenters. The van der Waals surface area contributed by atoms with Crippen LogP contribution in [0.1, 0.15) is 52.9 Å². The lowest BCUT2D eigenvalue weighted by Gasteiger charge is -2.17. The summed E-state index contributed by atoms with van der Waals surface area (Å²) in [5, 5.41) is 2.45. The minimum Gasteiger partial charge on any atom is -0.466 e. The fourth-order valence-electron chi connectivity index (χ4n) is 2.05. The Morgan fingerprint density at radius 2 is 1.61 bits per heavy atom. The molecular formula is C18H30N2O7S. The van der Waals surface area contributed by atoms with E-state index in [0.29, 0.717) is 6.42 Å². The zero-order valence-electron chi connectivity index (χ0n) is 16.7. The van der Waals surface area contributed by atoms with Crippen molar-refractivity contribution in [3.63, 3.8) is 0 Å². The smallest absolute Gasteiger partial charge is 0.322 e. The van der Waals surface area contributed by atoms with Crippen molar-refractivity contribution < 1.29 is 33.4 Å². The maximum Gasteiger partial charge on any atom is 0.322 e. The van der Waals surface area contributed by atoms with E-state index < -0.39 is 29.9 Å². The minimum atomic E-state index is -0.931. The quantitative estimate of drug-likeness (QED) is 0.390. The normalized spacial score (nSPS) is 12.6. The van der Waals surface area contributed by atoms with Gasteiger partial charge in [0.2, 0.25) is 5.91 Å². The van der Waals surface area contributed by atoms with Crippen LogP contribution in [0.3, 0.4) is 0 Å². The van der Waals surface area contributed by atoms with E-state index in [9.17, 15) is 24.0 Å². The number of Topliss-reactive ketones (excluding diaryl/α,β-unsaturated/α-hetero) is 1.